The third kappa shape index (κ3) is 2.47. The molecular weight excluding hydrogens is 326 g/mol. The lowest BCUT2D eigenvalue weighted by molar-refractivity contribution is -0.154. The summed E-state index contributed by atoms with van der Waals surface area (Å²) in [7, 11) is 0. The maximum Gasteiger partial charge on any atom is 0.248 e. The zero-order chi connectivity index (χ0) is 17.0. The zero-order valence-corrected chi connectivity index (χ0v) is 15.0. The Morgan fingerprint density at radius 3 is 2.38 bits per heavy atom. The maximum atomic E-state index is 11.6. The van der Waals surface area contributed by atoms with Gasteiger partial charge in [-0.05, 0) is 18.2 Å². The van der Waals surface area contributed by atoms with Gasteiger partial charge >= 0.3 is 0 Å². The van der Waals surface area contributed by atoms with Crippen LogP contribution < -0.4 is 16.0 Å². The highest BCUT2D eigenvalue weighted by Gasteiger charge is 2.61. The Kier molecular flexibility index (Phi) is 4.43. The summed E-state index contributed by atoms with van der Waals surface area (Å²) < 4.78 is 6.29. The first-order valence-electron chi connectivity index (χ1n) is 7.68. The molecule has 6 heteroatoms. The fourth-order valence-corrected chi connectivity index (χ4v) is 4.00. The van der Waals surface area contributed by atoms with Crippen molar-refractivity contribution in [3.8, 4) is 11.8 Å². The number of benzene rings is 1. The molecule has 0 unspecified atom stereocenters. The maximum absolute atomic E-state index is 11.6. The van der Waals surface area contributed by atoms with Crippen LogP contribution in [0.3, 0.4) is 0 Å². The van der Waals surface area contributed by atoms with Gasteiger partial charge < -0.3 is 15.5 Å². The summed E-state index contributed by atoms with van der Waals surface area (Å²) in [5.41, 5.74) is 6.69. The number of nitriles is 1. The van der Waals surface area contributed by atoms with Gasteiger partial charge in [0.2, 0.25) is 5.56 Å². The number of ether oxygens (including phenoxy) is 1. The van der Waals surface area contributed by atoms with Crippen molar-refractivity contribution in [1.29, 1.82) is 5.26 Å². The first kappa shape index (κ1) is 18.3. The third-order valence-electron chi connectivity index (χ3n) is 5.17. The van der Waals surface area contributed by atoms with Gasteiger partial charge in [-0.15, -0.1) is 12.4 Å². The smallest absolute Gasteiger partial charge is 0.248 e. The van der Waals surface area contributed by atoms with Crippen LogP contribution in [0.4, 0.5) is 0 Å². The number of nitrogens with two attached hydrogens (primary N) is 1. The van der Waals surface area contributed by atoms with Gasteiger partial charge in [0.15, 0.2) is 0 Å². The predicted molar refractivity (Wildman–Crippen MR) is 96.5 cm³/mol. The number of halogens is 1. The molecule has 0 amide bonds. The molecule has 0 saturated heterocycles. The fraction of sp³-hybridized carbons (Fsp3) is 0.444. The molecule has 0 bridgehead atoms. The monoisotopic (exact) mass is 347 g/mol. The topological polar surface area (TPSA) is 91.9 Å². The van der Waals surface area contributed by atoms with Crippen molar-refractivity contribution in [3.05, 3.63) is 40.2 Å². The van der Waals surface area contributed by atoms with E-state index in [4.69, 9.17) is 10.5 Å². The summed E-state index contributed by atoms with van der Waals surface area (Å²) in [5, 5.41) is 9.96. The molecule has 1 aliphatic rings. The van der Waals surface area contributed by atoms with E-state index in [-0.39, 0.29) is 40.9 Å². The van der Waals surface area contributed by atoms with Gasteiger partial charge in [0.1, 0.15) is 17.9 Å². The molecule has 1 aliphatic carbocycles. The minimum Gasteiger partial charge on any atom is -0.488 e. The highest BCUT2D eigenvalue weighted by Crippen LogP contribution is 2.54. The van der Waals surface area contributed by atoms with Gasteiger partial charge in [-0.25, -0.2) is 0 Å². The molecule has 3 rings (SSSR count). The molecule has 1 heterocycles. The first-order chi connectivity index (χ1) is 10.7. The molecule has 0 radical (unpaired) electrons. The van der Waals surface area contributed by atoms with Crippen LogP contribution in [0.1, 0.15) is 33.3 Å². The van der Waals surface area contributed by atoms with E-state index in [0.29, 0.717) is 16.8 Å². The number of fused-ring (bicyclic) bond motifs is 1. The molecule has 1 aromatic carbocycles. The molecule has 0 spiro atoms. The van der Waals surface area contributed by atoms with E-state index in [0.717, 1.165) is 5.39 Å². The SMILES string of the molecule is CC1(C)C(N)C(C)(C)C1Oc1ccc(C#N)c2[nH]c(=O)ccc12.Cl. The zero-order valence-electron chi connectivity index (χ0n) is 14.2. The molecular formula is C18H22ClN3O2. The van der Waals surface area contributed by atoms with Crippen molar-refractivity contribution in [2.24, 2.45) is 16.6 Å². The molecule has 0 atom stereocenters. The van der Waals surface area contributed by atoms with Crippen LogP contribution in [-0.2, 0) is 0 Å². The lowest BCUT2D eigenvalue weighted by Gasteiger charge is -2.61. The Balaban J connectivity index is 0.00000208. The molecule has 1 aromatic heterocycles. The summed E-state index contributed by atoms with van der Waals surface area (Å²) in [6.45, 7) is 8.39. The Morgan fingerprint density at radius 1 is 1.17 bits per heavy atom. The Labute approximate surface area is 147 Å². The highest BCUT2D eigenvalue weighted by atomic mass is 35.5. The lowest BCUT2D eigenvalue weighted by atomic mass is 9.50. The Morgan fingerprint density at radius 2 is 1.79 bits per heavy atom. The van der Waals surface area contributed by atoms with Gasteiger partial charge in [0, 0.05) is 28.3 Å². The molecule has 0 aliphatic heterocycles. The van der Waals surface area contributed by atoms with Gasteiger partial charge in [-0.2, -0.15) is 5.26 Å². The number of H-pyrrole nitrogens is 1. The highest BCUT2D eigenvalue weighted by molar-refractivity contribution is 5.89. The number of nitrogens with zero attached hydrogens (tertiary/aromatic N) is 1. The number of pyridine rings is 1. The summed E-state index contributed by atoms with van der Waals surface area (Å²) in [5.74, 6) is 0.660. The number of aromatic nitrogens is 1. The van der Waals surface area contributed by atoms with Gasteiger partial charge in [-0.3, -0.25) is 4.79 Å². The number of hydrogen-bond donors (Lipinski definition) is 2. The number of aromatic amines is 1. The van der Waals surface area contributed by atoms with E-state index in [1.807, 2.05) is 0 Å². The normalized spacial score (nSPS) is 23.7. The van der Waals surface area contributed by atoms with Crippen LogP contribution >= 0.6 is 12.4 Å². The second-order valence-electron chi connectivity index (χ2n) is 7.45. The summed E-state index contributed by atoms with van der Waals surface area (Å²) in [4.78, 5) is 14.3. The quantitative estimate of drug-likeness (QED) is 0.873. The number of hydrogen-bond acceptors (Lipinski definition) is 4. The molecule has 128 valence electrons. The van der Waals surface area contributed by atoms with Gasteiger partial charge in [0.05, 0.1) is 11.1 Å². The van der Waals surface area contributed by atoms with Crippen molar-refractivity contribution in [1.82, 2.24) is 4.98 Å². The van der Waals surface area contributed by atoms with Crippen LogP contribution in [0.2, 0.25) is 0 Å². The largest absolute Gasteiger partial charge is 0.488 e. The van der Waals surface area contributed by atoms with E-state index in [9.17, 15) is 10.1 Å². The Bertz CT molecular complexity index is 864. The van der Waals surface area contributed by atoms with Crippen molar-refractivity contribution >= 4 is 23.3 Å². The second kappa shape index (κ2) is 5.80. The molecule has 5 nitrogen and oxygen atoms in total. The van der Waals surface area contributed by atoms with Crippen molar-refractivity contribution < 1.29 is 4.74 Å². The fourth-order valence-electron chi connectivity index (χ4n) is 4.00. The molecule has 2 aromatic rings. The van der Waals surface area contributed by atoms with Crippen molar-refractivity contribution in [3.63, 3.8) is 0 Å². The molecule has 1 fully saturated rings. The average molecular weight is 348 g/mol. The predicted octanol–water partition coefficient (Wildman–Crippen LogP) is 2.96. The second-order valence-corrected chi connectivity index (χ2v) is 7.45. The minimum absolute atomic E-state index is 0. The van der Waals surface area contributed by atoms with Crippen molar-refractivity contribution in [2.75, 3.05) is 0 Å². The Hall–Kier alpha value is -2.03. The number of nitrogens with one attached hydrogen (secondary N) is 1. The van der Waals surface area contributed by atoms with Crippen LogP contribution in [0.15, 0.2) is 29.1 Å². The third-order valence-corrected chi connectivity index (χ3v) is 5.17. The average Bonchev–Trinajstić information content (AvgIpc) is 2.50. The van der Waals surface area contributed by atoms with E-state index in [1.165, 1.54) is 6.07 Å². The van der Waals surface area contributed by atoms with Crippen LogP contribution in [-0.4, -0.2) is 17.1 Å². The van der Waals surface area contributed by atoms with E-state index in [2.05, 4.69) is 38.7 Å². The lowest BCUT2D eigenvalue weighted by Crippen LogP contribution is -2.72. The van der Waals surface area contributed by atoms with Crippen LogP contribution in [0.5, 0.6) is 5.75 Å². The molecule has 3 N–H and O–H groups in total. The van der Waals surface area contributed by atoms with Crippen LogP contribution in [0, 0.1) is 22.2 Å². The molecule has 24 heavy (non-hydrogen) atoms. The van der Waals surface area contributed by atoms with Crippen molar-refractivity contribution in [2.45, 2.75) is 39.8 Å². The van der Waals surface area contributed by atoms with Gasteiger partial charge in [-0.1, -0.05) is 27.7 Å². The van der Waals surface area contributed by atoms with Gasteiger partial charge in [0.25, 0.3) is 0 Å². The summed E-state index contributed by atoms with van der Waals surface area (Å²) >= 11 is 0. The summed E-state index contributed by atoms with van der Waals surface area (Å²) in [6.07, 6.45) is -0.0481. The first-order valence-corrected chi connectivity index (χ1v) is 7.68. The van der Waals surface area contributed by atoms with E-state index in [1.54, 1.807) is 18.2 Å². The van der Waals surface area contributed by atoms with E-state index < -0.39 is 0 Å². The number of rotatable bonds is 2. The van der Waals surface area contributed by atoms with E-state index >= 15 is 0 Å². The standard InChI is InChI=1S/C18H21N3O2.ClH/c1-17(2)15(20)18(3,4)16(17)23-12-7-5-10(9-19)14-11(12)6-8-13(22)21-14;/h5-8,15-16H,20H2,1-4H3,(H,21,22);1H. The molecule has 1 saturated carbocycles. The summed E-state index contributed by atoms with van der Waals surface area (Å²) in [6, 6.07) is 8.75. The van der Waals surface area contributed by atoms with Crippen LogP contribution in [0.25, 0.3) is 10.9 Å². The minimum atomic E-state index is -0.238.